The maximum Gasteiger partial charge on any atom is 0.269 e. The van der Waals surface area contributed by atoms with E-state index < -0.39 is 4.92 Å². The summed E-state index contributed by atoms with van der Waals surface area (Å²) in [4.78, 5) is 22.5. The largest absolute Gasteiger partial charge is 0.317 e. The highest BCUT2D eigenvalue weighted by molar-refractivity contribution is 8.26. The molecule has 0 spiro atoms. The van der Waals surface area contributed by atoms with Gasteiger partial charge in [0.25, 0.3) is 11.6 Å². The first kappa shape index (κ1) is 14.5. The molecule has 0 bridgehead atoms. The van der Waals surface area contributed by atoms with Crippen LogP contribution in [0.3, 0.4) is 0 Å². The Morgan fingerprint density at radius 2 is 2.00 bits per heavy atom. The molecule has 1 amide bonds. The van der Waals surface area contributed by atoms with E-state index >= 15 is 0 Å². The Morgan fingerprint density at radius 1 is 1.27 bits per heavy atom. The second-order valence-corrected chi connectivity index (χ2v) is 6.15. The number of hydrogen-bond donors (Lipinski definition) is 1. The topological polar surface area (TPSA) is 77.2 Å². The number of rotatable bonds is 3. The van der Waals surface area contributed by atoms with Gasteiger partial charge in [0.15, 0.2) is 0 Å². The van der Waals surface area contributed by atoms with Crippen molar-refractivity contribution in [2.24, 2.45) is 0 Å². The number of nitrogens with zero attached hydrogens (tertiary/aromatic N) is 2. The van der Waals surface area contributed by atoms with Gasteiger partial charge in [-0.2, -0.15) is 0 Å². The third kappa shape index (κ3) is 2.78. The van der Waals surface area contributed by atoms with Crippen molar-refractivity contribution < 1.29 is 9.72 Å². The van der Waals surface area contributed by atoms with Gasteiger partial charge in [-0.3, -0.25) is 14.9 Å². The molecular formula is C14H9N3O3S2. The predicted octanol–water partition coefficient (Wildman–Crippen LogP) is 2.87. The van der Waals surface area contributed by atoms with Gasteiger partial charge in [0.1, 0.15) is 4.32 Å². The number of benzene rings is 1. The van der Waals surface area contributed by atoms with E-state index in [4.69, 9.17) is 12.2 Å². The molecule has 0 radical (unpaired) electrons. The Labute approximate surface area is 135 Å². The summed E-state index contributed by atoms with van der Waals surface area (Å²) in [7, 11) is 0. The lowest BCUT2D eigenvalue weighted by Crippen LogP contribution is -2.17. The van der Waals surface area contributed by atoms with E-state index in [1.165, 1.54) is 23.9 Å². The van der Waals surface area contributed by atoms with Gasteiger partial charge in [0.05, 0.1) is 9.83 Å². The van der Waals surface area contributed by atoms with Gasteiger partial charge in [0.2, 0.25) is 0 Å². The first-order valence-electron chi connectivity index (χ1n) is 6.21. The molecule has 1 aliphatic heterocycles. The molecule has 6 nitrogen and oxygen atoms in total. The summed E-state index contributed by atoms with van der Waals surface area (Å²) in [6.07, 6.45) is 3.56. The summed E-state index contributed by atoms with van der Waals surface area (Å²) < 4.78 is 2.27. The summed E-state index contributed by atoms with van der Waals surface area (Å²) in [5.41, 5.74) is 1.59. The van der Waals surface area contributed by atoms with Crippen LogP contribution in [0.5, 0.6) is 0 Å². The smallest absolute Gasteiger partial charge is 0.269 e. The van der Waals surface area contributed by atoms with Gasteiger partial charge in [-0.15, -0.1) is 0 Å². The van der Waals surface area contributed by atoms with Gasteiger partial charge >= 0.3 is 0 Å². The number of carbonyl (C=O) groups is 1. The van der Waals surface area contributed by atoms with Crippen molar-refractivity contribution in [2.75, 3.05) is 0 Å². The summed E-state index contributed by atoms with van der Waals surface area (Å²) in [6.45, 7) is 0. The number of amides is 1. The van der Waals surface area contributed by atoms with Gasteiger partial charge in [-0.05, 0) is 30.3 Å². The maximum absolute atomic E-state index is 11.7. The molecule has 8 heteroatoms. The van der Waals surface area contributed by atoms with E-state index in [1.54, 1.807) is 18.2 Å². The molecule has 0 unspecified atom stereocenters. The Morgan fingerprint density at radius 3 is 2.59 bits per heavy atom. The fourth-order valence-electron chi connectivity index (χ4n) is 2.04. The normalized spacial score (nSPS) is 16.1. The number of thiocarbonyl (C=S) groups is 1. The molecule has 0 saturated carbocycles. The van der Waals surface area contributed by atoms with Crippen LogP contribution in [0.4, 0.5) is 5.69 Å². The molecule has 22 heavy (non-hydrogen) atoms. The zero-order valence-corrected chi connectivity index (χ0v) is 12.7. The lowest BCUT2D eigenvalue weighted by Gasteiger charge is -2.06. The molecule has 1 aliphatic rings. The monoisotopic (exact) mass is 331 g/mol. The minimum atomic E-state index is -0.442. The molecule has 3 rings (SSSR count). The fraction of sp³-hybridized carbons (Fsp3) is 0. The van der Waals surface area contributed by atoms with Crippen LogP contribution < -0.4 is 5.32 Å². The lowest BCUT2D eigenvalue weighted by molar-refractivity contribution is -0.384. The van der Waals surface area contributed by atoms with E-state index in [9.17, 15) is 14.9 Å². The number of hydrogen-bond acceptors (Lipinski definition) is 5. The summed E-state index contributed by atoms with van der Waals surface area (Å²) in [5, 5.41) is 13.3. The van der Waals surface area contributed by atoms with Gasteiger partial charge in [-0.25, -0.2) is 0 Å². The van der Waals surface area contributed by atoms with Crippen molar-refractivity contribution >= 4 is 46.0 Å². The van der Waals surface area contributed by atoms with Crippen LogP contribution >= 0.6 is 24.0 Å². The van der Waals surface area contributed by atoms with E-state index in [0.717, 1.165) is 11.4 Å². The molecule has 1 fully saturated rings. The van der Waals surface area contributed by atoms with E-state index in [2.05, 4.69) is 5.32 Å². The first-order valence-corrected chi connectivity index (χ1v) is 7.44. The highest BCUT2D eigenvalue weighted by Gasteiger charge is 2.22. The molecule has 2 aromatic rings. The molecular weight excluding hydrogens is 322 g/mol. The summed E-state index contributed by atoms with van der Waals surface area (Å²) in [6, 6.07) is 9.89. The second-order valence-electron chi connectivity index (χ2n) is 4.43. The zero-order valence-electron chi connectivity index (χ0n) is 11.1. The van der Waals surface area contributed by atoms with Crippen LogP contribution in [0.2, 0.25) is 0 Å². The summed E-state index contributed by atoms with van der Waals surface area (Å²) >= 11 is 6.16. The van der Waals surface area contributed by atoms with Gasteiger partial charge < -0.3 is 9.88 Å². The number of nitro groups is 1. The number of nitrogens with one attached hydrogen (secondary N) is 1. The SMILES string of the molecule is O=C1NC(=S)SC1=Cc1cccn1-c1ccc([N+](=O)[O-])cc1. The van der Waals surface area contributed by atoms with Gasteiger partial charge in [0, 0.05) is 29.7 Å². The molecule has 0 aliphatic carbocycles. The van der Waals surface area contributed by atoms with E-state index in [1.807, 2.05) is 22.9 Å². The molecule has 1 N–H and O–H groups in total. The minimum absolute atomic E-state index is 0.0342. The standard InChI is InChI=1S/C14H9N3O3S2/c18-13-12(22-14(21)15-13)8-11-2-1-7-16(11)9-3-5-10(6-4-9)17(19)20/h1-8H,(H,15,18,21). The predicted molar refractivity (Wildman–Crippen MR) is 88.7 cm³/mol. The Kier molecular flexibility index (Phi) is 3.78. The van der Waals surface area contributed by atoms with Gasteiger partial charge in [-0.1, -0.05) is 24.0 Å². The molecule has 2 heterocycles. The van der Waals surface area contributed by atoms with Crippen molar-refractivity contribution in [3.05, 3.63) is 63.3 Å². The number of carbonyl (C=O) groups excluding carboxylic acids is 1. The Bertz CT molecular complexity index is 809. The van der Waals surface area contributed by atoms with Crippen LogP contribution in [0.25, 0.3) is 11.8 Å². The molecule has 0 atom stereocenters. The summed E-state index contributed by atoms with van der Waals surface area (Å²) in [5.74, 6) is -0.216. The third-order valence-electron chi connectivity index (χ3n) is 3.04. The Hall–Kier alpha value is -2.45. The molecule has 1 aromatic heterocycles. The average Bonchev–Trinajstić information content (AvgIpc) is 3.06. The molecule has 1 aromatic carbocycles. The highest BCUT2D eigenvalue weighted by atomic mass is 32.2. The Balaban J connectivity index is 1.95. The van der Waals surface area contributed by atoms with Crippen molar-refractivity contribution in [3.63, 3.8) is 0 Å². The number of nitro benzene ring substituents is 1. The fourth-order valence-corrected chi connectivity index (χ4v) is 3.07. The number of thioether (sulfide) groups is 1. The van der Waals surface area contributed by atoms with Crippen LogP contribution in [0, 0.1) is 10.1 Å². The second kappa shape index (κ2) is 5.74. The third-order valence-corrected chi connectivity index (χ3v) is 4.20. The maximum atomic E-state index is 11.7. The molecule has 1 saturated heterocycles. The van der Waals surface area contributed by atoms with Crippen molar-refractivity contribution in [1.29, 1.82) is 0 Å². The van der Waals surface area contributed by atoms with Crippen LogP contribution in [0.15, 0.2) is 47.5 Å². The van der Waals surface area contributed by atoms with Crippen molar-refractivity contribution in [3.8, 4) is 5.69 Å². The van der Waals surface area contributed by atoms with Crippen molar-refractivity contribution in [2.45, 2.75) is 0 Å². The molecule has 110 valence electrons. The van der Waals surface area contributed by atoms with Crippen LogP contribution in [-0.2, 0) is 4.79 Å². The minimum Gasteiger partial charge on any atom is -0.317 e. The zero-order chi connectivity index (χ0) is 15.7. The van der Waals surface area contributed by atoms with Crippen molar-refractivity contribution in [1.82, 2.24) is 9.88 Å². The first-order chi connectivity index (χ1) is 10.5. The average molecular weight is 331 g/mol. The number of aromatic nitrogens is 1. The van der Waals surface area contributed by atoms with Crippen LogP contribution in [-0.4, -0.2) is 19.7 Å². The highest BCUT2D eigenvalue weighted by Crippen LogP contribution is 2.27. The number of non-ortho nitro benzene ring substituents is 1. The van der Waals surface area contributed by atoms with Crippen LogP contribution in [0.1, 0.15) is 5.69 Å². The quantitative estimate of drug-likeness (QED) is 0.405. The van der Waals surface area contributed by atoms with E-state index in [0.29, 0.717) is 9.23 Å². The lowest BCUT2D eigenvalue weighted by atomic mass is 10.2. The van der Waals surface area contributed by atoms with E-state index in [-0.39, 0.29) is 11.6 Å².